The van der Waals surface area contributed by atoms with Crippen molar-refractivity contribution >= 4 is 51.0 Å². The molecule has 9 heteroatoms. The van der Waals surface area contributed by atoms with E-state index in [2.05, 4.69) is 21.2 Å². The molecule has 28 heavy (non-hydrogen) atoms. The van der Waals surface area contributed by atoms with Crippen molar-refractivity contribution in [1.29, 1.82) is 0 Å². The molecule has 2 N–H and O–H groups in total. The molecule has 2 aromatic heterocycles. The molecule has 4 aromatic rings. The Balaban J connectivity index is 1.62. The summed E-state index contributed by atoms with van der Waals surface area (Å²) in [6.07, 6.45) is 0. The summed E-state index contributed by atoms with van der Waals surface area (Å²) in [6.45, 7) is 1.77. The average Bonchev–Trinajstić information content (AvgIpc) is 3.30. The van der Waals surface area contributed by atoms with E-state index in [1.807, 2.05) is 53.1 Å². The van der Waals surface area contributed by atoms with Crippen LogP contribution < -0.4 is 5.73 Å². The molecule has 2 heterocycles. The molecule has 1 unspecified atom stereocenters. The topological polar surface area (TPSA) is 86.7 Å². The van der Waals surface area contributed by atoms with Crippen molar-refractivity contribution in [2.24, 2.45) is 5.73 Å². The number of aromatic nitrogens is 4. The Bertz CT molecular complexity index is 1080. The summed E-state index contributed by atoms with van der Waals surface area (Å²) in [5, 5.41) is 8.94. The van der Waals surface area contributed by atoms with Gasteiger partial charge in [0.25, 0.3) is 0 Å². The predicted octanol–water partition coefficient (Wildman–Crippen LogP) is 4.14. The van der Waals surface area contributed by atoms with Crippen LogP contribution in [0.15, 0.2) is 64.1 Å². The van der Waals surface area contributed by atoms with Crippen molar-refractivity contribution < 1.29 is 4.79 Å². The van der Waals surface area contributed by atoms with Gasteiger partial charge < -0.3 is 5.73 Å². The molecule has 0 spiro atoms. The number of hydrogen-bond donors (Lipinski definition) is 1. The molecule has 1 amide bonds. The van der Waals surface area contributed by atoms with Crippen molar-refractivity contribution in [3.63, 3.8) is 0 Å². The van der Waals surface area contributed by atoms with Crippen LogP contribution in [-0.2, 0) is 10.5 Å². The number of hydrogen-bond acceptors (Lipinski definition) is 7. The first-order valence-electron chi connectivity index (χ1n) is 8.56. The second-order valence-corrected chi connectivity index (χ2v) is 9.53. The molecule has 2 aromatic carbocycles. The van der Waals surface area contributed by atoms with Crippen molar-refractivity contribution in [2.75, 3.05) is 0 Å². The number of thiazole rings is 1. The van der Waals surface area contributed by atoms with E-state index in [1.54, 1.807) is 30.0 Å². The van der Waals surface area contributed by atoms with E-state index >= 15 is 0 Å². The fraction of sp³-hybridized carbons (Fsp3) is 0.158. The number of para-hydroxylation sites is 2. The maximum atomic E-state index is 11.5. The minimum Gasteiger partial charge on any atom is -0.369 e. The number of primary amides is 1. The molecule has 0 saturated carbocycles. The van der Waals surface area contributed by atoms with Crippen LogP contribution in [0.2, 0.25) is 0 Å². The SMILES string of the molecule is CC(Sc1nnc(CSc2nc3ccccc3s2)n1-c1ccccc1)C(N)=O. The molecule has 1 atom stereocenters. The van der Waals surface area contributed by atoms with E-state index in [9.17, 15) is 4.79 Å². The zero-order valence-electron chi connectivity index (χ0n) is 15.0. The summed E-state index contributed by atoms with van der Waals surface area (Å²) in [5.41, 5.74) is 7.38. The number of thioether (sulfide) groups is 2. The highest BCUT2D eigenvalue weighted by atomic mass is 32.2. The van der Waals surface area contributed by atoms with Crippen molar-refractivity contribution in [2.45, 2.75) is 27.4 Å². The first kappa shape index (κ1) is 19.0. The van der Waals surface area contributed by atoms with Gasteiger partial charge in [0, 0.05) is 5.69 Å². The van der Waals surface area contributed by atoms with Gasteiger partial charge in [0.15, 0.2) is 9.50 Å². The number of carbonyl (C=O) groups is 1. The maximum absolute atomic E-state index is 11.5. The standard InChI is InChI=1S/C19H17N5OS3/c1-12(17(20)25)27-18-23-22-16(24(18)13-7-3-2-4-8-13)11-26-19-21-14-9-5-6-10-15(14)28-19/h2-10,12H,11H2,1H3,(H2,20,25). The third-order valence-corrected chi connectivity index (χ3v) is 7.23. The predicted molar refractivity (Wildman–Crippen MR) is 115 cm³/mol. The molecular weight excluding hydrogens is 410 g/mol. The number of nitrogens with two attached hydrogens (primary N) is 1. The summed E-state index contributed by atoms with van der Waals surface area (Å²) in [4.78, 5) is 16.2. The first-order valence-corrected chi connectivity index (χ1v) is 11.2. The lowest BCUT2D eigenvalue weighted by Gasteiger charge is -2.11. The van der Waals surface area contributed by atoms with Crippen LogP contribution in [0.1, 0.15) is 12.7 Å². The Labute approximate surface area is 174 Å². The largest absolute Gasteiger partial charge is 0.369 e. The van der Waals surface area contributed by atoms with Gasteiger partial charge in [-0.05, 0) is 31.2 Å². The van der Waals surface area contributed by atoms with Gasteiger partial charge in [-0.2, -0.15) is 0 Å². The first-order chi connectivity index (χ1) is 13.6. The molecule has 0 aliphatic heterocycles. The van der Waals surface area contributed by atoms with Crippen LogP contribution in [-0.4, -0.2) is 30.9 Å². The zero-order chi connectivity index (χ0) is 19.5. The quantitative estimate of drug-likeness (QED) is 0.446. The molecule has 0 aliphatic carbocycles. The van der Waals surface area contributed by atoms with E-state index in [1.165, 1.54) is 16.5 Å². The van der Waals surface area contributed by atoms with Crippen LogP contribution >= 0.6 is 34.9 Å². The summed E-state index contributed by atoms with van der Waals surface area (Å²) in [7, 11) is 0. The van der Waals surface area contributed by atoms with Crippen molar-refractivity contribution in [1.82, 2.24) is 19.7 Å². The lowest BCUT2D eigenvalue weighted by atomic mass is 10.3. The molecule has 142 valence electrons. The maximum Gasteiger partial charge on any atom is 0.230 e. The lowest BCUT2D eigenvalue weighted by Crippen LogP contribution is -2.23. The highest BCUT2D eigenvalue weighted by Gasteiger charge is 2.20. The number of benzene rings is 2. The molecular formula is C19H17N5OS3. The molecule has 0 aliphatic rings. The minimum atomic E-state index is -0.392. The summed E-state index contributed by atoms with van der Waals surface area (Å²) < 4.78 is 4.13. The average molecular weight is 428 g/mol. The fourth-order valence-electron chi connectivity index (χ4n) is 2.56. The Hall–Kier alpha value is -2.36. The van der Waals surface area contributed by atoms with Gasteiger partial charge in [0.05, 0.1) is 21.2 Å². The van der Waals surface area contributed by atoms with Gasteiger partial charge >= 0.3 is 0 Å². The molecule has 6 nitrogen and oxygen atoms in total. The molecule has 0 fully saturated rings. The van der Waals surface area contributed by atoms with Crippen LogP contribution in [0.3, 0.4) is 0 Å². The number of fused-ring (bicyclic) bond motifs is 1. The number of rotatable bonds is 7. The van der Waals surface area contributed by atoms with E-state index < -0.39 is 5.25 Å². The normalized spacial score (nSPS) is 12.3. The minimum absolute atomic E-state index is 0.377. The van der Waals surface area contributed by atoms with Crippen molar-refractivity contribution in [3.05, 3.63) is 60.4 Å². The van der Waals surface area contributed by atoms with Gasteiger partial charge in [0.2, 0.25) is 5.91 Å². The molecule has 0 bridgehead atoms. The fourth-order valence-corrected chi connectivity index (χ4v) is 5.38. The summed E-state index contributed by atoms with van der Waals surface area (Å²) >= 11 is 4.61. The van der Waals surface area contributed by atoms with E-state index in [0.717, 1.165) is 21.4 Å². The second kappa shape index (κ2) is 8.34. The third-order valence-electron chi connectivity index (χ3n) is 4.00. The molecule has 0 radical (unpaired) electrons. The van der Waals surface area contributed by atoms with Gasteiger partial charge in [0.1, 0.15) is 5.82 Å². The van der Waals surface area contributed by atoms with Gasteiger partial charge in [-0.15, -0.1) is 21.5 Å². The smallest absolute Gasteiger partial charge is 0.230 e. The van der Waals surface area contributed by atoms with Crippen LogP contribution in [0.5, 0.6) is 0 Å². The summed E-state index contributed by atoms with van der Waals surface area (Å²) in [5.74, 6) is 1.04. The lowest BCUT2D eigenvalue weighted by molar-refractivity contribution is -0.117. The third kappa shape index (κ3) is 4.06. The Morgan fingerprint density at radius 3 is 2.64 bits per heavy atom. The van der Waals surface area contributed by atoms with Crippen LogP contribution in [0.25, 0.3) is 15.9 Å². The highest BCUT2D eigenvalue weighted by Crippen LogP contribution is 2.33. The van der Waals surface area contributed by atoms with Crippen molar-refractivity contribution in [3.8, 4) is 5.69 Å². The Kier molecular flexibility index (Phi) is 5.65. The van der Waals surface area contributed by atoms with Crippen LogP contribution in [0, 0.1) is 0 Å². The van der Waals surface area contributed by atoms with E-state index in [-0.39, 0.29) is 5.91 Å². The van der Waals surface area contributed by atoms with Gasteiger partial charge in [-0.25, -0.2) is 4.98 Å². The number of amides is 1. The number of nitrogens with zero attached hydrogens (tertiary/aromatic N) is 4. The molecule has 4 rings (SSSR count). The Morgan fingerprint density at radius 2 is 1.89 bits per heavy atom. The second-order valence-electron chi connectivity index (χ2n) is 5.97. The van der Waals surface area contributed by atoms with Gasteiger partial charge in [-0.3, -0.25) is 9.36 Å². The van der Waals surface area contributed by atoms with Crippen LogP contribution in [0.4, 0.5) is 0 Å². The van der Waals surface area contributed by atoms with E-state index in [4.69, 9.17) is 5.73 Å². The monoisotopic (exact) mass is 427 g/mol. The zero-order valence-corrected chi connectivity index (χ0v) is 17.4. The number of carbonyl (C=O) groups excluding carboxylic acids is 1. The van der Waals surface area contributed by atoms with E-state index in [0.29, 0.717) is 10.9 Å². The van der Waals surface area contributed by atoms with Gasteiger partial charge in [-0.1, -0.05) is 53.9 Å². The molecule has 0 saturated heterocycles. The summed E-state index contributed by atoms with van der Waals surface area (Å²) in [6, 6.07) is 18.0. The Morgan fingerprint density at radius 1 is 1.14 bits per heavy atom. The highest BCUT2D eigenvalue weighted by molar-refractivity contribution is 8.00.